The monoisotopic (exact) mass is 299 g/mol. The van der Waals surface area contributed by atoms with Gasteiger partial charge in [-0.25, -0.2) is 8.78 Å². The summed E-state index contributed by atoms with van der Waals surface area (Å²) in [6.07, 6.45) is 1.13. The number of nitrogens with one attached hydrogen (secondary N) is 1. The van der Waals surface area contributed by atoms with Crippen LogP contribution in [0.1, 0.15) is 38.7 Å². The van der Waals surface area contributed by atoms with Gasteiger partial charge >= 0.3 is 0 Å². The highest BCUT2D eigenvalue weighted by Gasteiger charge is 2.10. The summed E-state index contributed by atoms with van der Waals surface area (Å²) in [6, 6.07) is 3.33. The maximum Gasteiger partial charge on any atom is 0.220 e. The first-order valence-corrected chi connectivity index (χ1v) is 7.29. The van der Waals surface area contributed by atoms with Crippen molar-refractivity contribution in [2.24, 2.45) is 5.92 Å². The van der Waals surface area contributed by atoms with Gasteiger partial charge in [0.1, 0.15) is 11.6 Å². The van der Waals surface area contributed by atoms with Crippen molar-refractivity contribution < 1.29 is 18.7 Å². The van der Waals surface area contributed by atoms with Crippen LogP contribution in [0.4, 0.5) is 8.78 Å². The van der Waals surface area contributed by atoms with Crippen molar-refractivity contribution in [3.63, 3.8) is 0 Å². The number of carbonyl (C=O) groups excluding carboxylic acids is 1. The Morgan fingerprint density at radius 3 is 2.71 bits per heavy atom. The number of halogens is 2. The summed E-state index contributed by atoms with van der Waals surface area (Å²) in [6.45, 7) is 4.26. The predicted octanol–water partition coefficient (Wildman–Crippen LogP) is 2.81. The Kier molecular flexibility index (Phi) is 7.29. The topological polar surface area (TPSA) is 49.3 Å². The quantitative estimate of drug-likeness (QED) is 0.775. The zero-order chi connectivity index (χ0) is 15.8. The lowest BCUT2D eigenvalue weighted by Crippen LogP contribution is -2.28. The lowest BCUT2D eigenvalue weighted by molar-refractivity contribution is -0.121. The van der Waals surface area contributed by atoms with Gasteiger partial charge in [0.25, 0.3) is 0 Å². The molecule has 0 aliphatic heterocycles. The van der Waals surface area contributed by atoms with Crippen LogP contribution in [0.5, 0.6) is 0 Å². The molecule has 0 radical (unpaired) electrons. The maximum absolute atomic E-state index is 13.4. The van der Waals surface area contributed by atoms with Crippen molar-refractivity contribution in [2.45, 2.75) is 45.6 Å². The zero-order valence-corrected chi connectivity index (χ0v) is 12.5. The molecule has 0 saturated heterocycles. The first-order valence-electron chi connectivity index (χ1n) is 7.29. The number of amides is 1. The lowest BCUT2D eigenvalue weighted by atomic mass is 10.0. The van der Waals surface area contributed by atoms with Crippen molar-refractivity contribution in [3.05, 3.63) is 35.4 Å². The fourth-order valence-corrected chi connectivity index (χ4v) is 1.96. The number of carbonyl (C=O) groups is 1. The molecule has 2 N–H and O–H groups in total. The van der Waals surface area contributed by atoms with Gasteiger partial charge in [0.15, 0.2) is 0 Å². The van der Waals surface area contributed by atoms with Gasteiger partial charge in [-0.3, -0.25) is 4.79 Å². The minimum absolute atomic E-state index is 0.136. The average molecular weight is 299 g/mol. The van der Waals surface area contributed by atoms with Gasteiger partial charge in [-0.05, 0) is 48.9 Å². The van der Waals surface area contributed by atoms with Gasteiger partial charge in [-0.2, -0.15) is 0 Å². The Bertz CT molecular complexity index is 464. The highest BCUT2D eigenvalue weighted by Crippen LogP contribution is 2.12. The standard InChI is InChI=1S/C16H23F2NO2/c1-11(2)15(20)8-9-19-16(21)5-3-4-12-10-13(17)6-7-14(12)18/h6-7,10-11,15,20H,3-5,8-9H2,1-2H3,(H,19,21). The second-order valence-electron chi connectivity index (χ2n) is 5.54. The Balaban J connectivity index is 2.23. The van der Waals surface area contributed by atoms with Crippen molar-refractivity contribution in [1.29, 1.82) is 0 Å². The van der Waals surface area contributed by atoms with E-state index in [1.165, 1.54) is 0 Å². The van der Waals surface area contributed by atoms with E-state index in [2.05, 4.69) is 5.32 Å². The number of hydrogen-bond donors (Lipinski definition) is 2. The second kappa shape index (κ2) is 8.72. The first-order chi connectivity index (χ1) is 9.90. The number of aryl methyl sites for hydroxylation is 1. The molecule has 1 aromatic rings. The maximum atomic E-state index is 13.4. The third-order valence-corrected chi connectivity index (χ3v) is 3.39. The van der Waals surface area contributed by atoms with Crippen LogP contribution in [0.15, 0.2) is 18.2 Å². The Morgan fingerprint density at radius 2 is 2.05 bits per heavy atom. The highest BCUT2D eigenvalue weighted by atomic mass is 19.1. The van der Waals surface area contributed by atoms with Crippen LogP contribution in [0.25, 0.3) is 0 Å². The average Bonchev–Trinajstić information content (AvgIpc) is 2.42. The van der Waals surface area contributed by atoms with Crippen LogP contribution in [-0.4, -0.2) is 23.7 Å². The molecule has 0 spiro atoms. The third kappa shape index (κ3) is 6.67. The van der Waals surface area contributed by atoms with E-state index in [0.717, 1.165) is 18.2 Å². The van der Waals surface area contributed by atoms with Crippen LogP contribution < -0.4 is 5.32 Å². The SMILES string of the molecule is CC(C)C(O)CCNC(=O)CCCc1cc(F)ccc1F. The number of rotatable bonds is 8. The van der Waals surface area contributed by atoms with Crippen LogP contribution in [0.3, 0.4) is 0 Å². The summed E-state index contributed by atoms with van der Waals surface area (Å²) in [5.74, 6) is -0.893. The third-order valence-electron chi connectivity index (χ3n) is 3.39. The number of aliphatic hydroxyl groups is 1. The van der Waals surface area contributed by atoms with E-state index in [1.54, 1.807) is 0 Å². The lowest BCUT2D eigenvalue weighted by Gasteiger charge is -2.14. The van der Waals surface area contributed by atoms with E-state index >= 15 is 0 Å². The molecule has 1 aromatic carbocycles. The minimum Gasteiger partial charge on any atom is -0.393 e. The summed E-state index contributed by atoms with van der Waals surface area (Å²) in [5.41, 5.74) is 0.290. The molecule has 0 fully saturated rings. The van der Waals surface area contributed by atoms with E-state index < -0.39 is 17.7 Å². The van der Waals surface area contributed by atoms with Crippen LogP contribution in [-0.2, 0) is 11.2 Å². The van der Waals surface area contributed by atoms with Crippen molar-refractivity contribution in [1.82, 2.24) is 5.32 Å². The molecule has 1 unspecified atom stereocenters. The highest BCUT2D eigenvalue weighted by molar-refractivity contribution is 5.75. The van der Waals surface area contributed by atoms with Gasteiger partial charge in [0.2, 0.25) is 5.91 Å². The van der Waals surface area contributed by atoms with Gasteiger partial charge in [0, 0.05) is 13.0 Å². The van der Waals surface area contributed by atoms with Crippen molar-refractivity contribution in [2.75, 3.05) is 6.54 Å². The van der Waals surface area contributed by atoms with Gasteiger partial charge in [0.05, 0.1) is 6.10 Å². The van der Waals surface area contributed by atoms with Gasteiger partial charge in [-0.1, -0.05) is 13.8 Å². The van der Waals surface area contributed by atoms with Crippen molar-refractivity contribution >= 4 is 5.91 Å². The van der Waals surface area contributed by atoms with Gasteiger partial charge < -0.3 is 10.4 Å². The smallest absolute Gasteiger partial charge is 0.220 e. The molecule has 5 heteroatoms. The fraction of sp³-hybridized carbons (Fsp3) is 0.562. The van der Waals surface area contributed by atoms with E-state index in [-0.39, 0.29) is 23.8 Å². The van der Waals surface area contributed by atoms with Gasteiger partial charge in [-0.15, -0.1) is 0 Å². The largest absolute Gasteiger partial charge is 0.393 e. The summed E-state index contributed by atoms with van der Waals surface area (Å²) in [5, 5.41) is 12.3. The molecule has 0 aliphatic rings. The summed E-state index contributed by atoms with van der Waals surface area (Å²) >= 11 is 0. The fourth-order valence-electron chi connectivity index (χ4n) is 1.96. The predicted molar refractivity (Wildman–Crippen MR) is 77.8 cm³/mol. The Labute approximate surface area is 124 Å². The van der Waals surface area contributed by atoms with Crippen LogP contribution in [0.2, 0.25) is 0 Å². The Morgan fingerprint density at radius 1 is 1.33 bits per heavy atom. The van der Waals surface area contributed by atoms with E-state index in [9.17, 15) is 18.7 Å². The summed E-state index contributed by atoms with van der Waals surface area (Å²) in [4.78, 5) is 11.6. The van der Waals surface area contributed by atoms with E-state index in [4.69, 9.17) is 0 Å². The molecule has 1 atom stereocenters. The minimum atomic E-state index is -0.474. The molecule has 0 heterocycles. The number of hydrogen-bond acceptors (Lipinski definition) is 2. The van der Waals surface area contributed by atoms with E-state index in [0.29, 0.717) is 25.8 Å². The normalized spacial score (nSPS) is 12.5. The molecule has 21 heavy (non-hydrogen) atoms. The molecule has 0 saturated carbocycles. The molecule has 0 bridgehead atoms. The summed E-state index contributed by atoms with van der Waals surface area (Å²) in [7, 11) is 0. The molecule has 1 amide bonds. The molecular formula is C16H23F2NO2. The first kappa shape index (κ1) is 17.6. The number of benzene rings is 1. The molecule has 1 rings (SSSR count). The van der Waals surface area contributed by atoms with Crippen molar-refractivity contribution in [3.8, 4) is 0 Å². The second-order valence-corrected chi connectivity index (χ2v) is 5.54. The molecular weight excluding hydrogens is 276 g/mol. The molecule has 0 aromatic heterocycles. The Hall–Kier alpha value is -1.49. The molecule has 3 nitrogen and oxygen atoms in total. The zero-order valence-electron chi connectivity index (χ0n) is 12.5. The summed E-state index contributed by atoms with van der Waals surface area (Å²) < 4.78 is 26.3. The molecule has 0 aliphatic carbocycles. The number of aliphatic hydroxyl groups excluding tert-OH is 1. The van der Waals surface area contributed by atoms with E-state index in [1.807, 2.05) is 13.8 Å². The van der Waals surface area contributed by atoms with Crippen LogP contribution in [0, 0.1) is 17.6 Å². The molecule has 118 valence electrons. The van der Waals surface area contributed by atoms with Crippen LogP contribution >= 0.6 is 0 Å².